The summed E-state index contributed by atoms with van der Waals surface area (Å²) in [5.74, 6) is 0. The Hall–Kier alpha value is 0.474. The molecule has 0 saturated heterocycles. The van der Waals surface area contributed by atoms with Gasteiger partial charge in [0.2, 0.25) is 0 Å². The minimum absolute atomic E-state index is 0. The predicted molar refractivity (Wildman–Crippen MR) is 119 cm³/mol. The van der Waals surface area contributed by atoms with Crippen LogP contribution in [0.5, 0.6) is 0 Å². The fraction of sp³-hybridized carbons (Fsp3) is 1.00. The second-order valence-corrected chi connectivity index (χ2v) is 6.35. The van der Waals surface area contributed by atoms with Gasteiger partial charge < -0.3 is 30.6 Å². The molecule has 0 unspecified atom stereocenters. The first-order valence-corrected chi connectivity index (χ1v) is 12.0. The fourth-order valence-corrected chi connectivity index (χ4v) is 0.866. The molecule has 0 rings (SSSR count). The first-order chi connectivity index (χ1) is 14.5. The quantitative estimate of drug-likeness (QED) is 0.375. The number of rotatable bonds is 12. The van der Waals surface area contributed by atoms with Crippen molar-refractivity contribution < 1.29 is 52.4 Å². The van der Waals surface area contributed by atoms with Crippen LogP contribution in [0.25, 0.3) is 0 Å². The molecule has 0 atom stereocenters. The van der Waals surface area contributed by atoms with E-state index in [4.69, 9.17) is 0 Å². The average molecular weight is 487 g/mol. The number of hydrogen-bond acceptors (Lipinski definition) is 6. The van der Waals surface area contributed by atoms with Gasteiger partial charge in [-0.15, -0.1) is 39.6 Å². The van der Waals surface area contributed by atoms with Gasteiger partial charge in [0.25, 0.3) is 0 Å². The van der Waals surface area contributed by atoms with E-state index in [9.17, 15) is 30.6 Å². The van der Waals surface area contributed by atoms with Gasteiger partial charge in [0.15, 0.2) is 0 Å². The summed E-state index contributed by atoms with van der Waals surface area (Å²) in [5.41, 5.74) is 0. The third-order valence-electron chi connectivity index (χ3n) is 2.99. The van der Waals surface area contributed by atoms with E-state index in [0.717, 1.165) is 77.0 Å². The van der Waals surface area contributed by atoms with Crippen LogP contribution in [0.3, 0.4) is 0 Å². The molecule has 0 saturated carbocycles. The molecule has 31 heavy (non-hydrogen) atoms. The van der Waals surface area contributed by atoms with Gasteiger partial charge in [-0.2, -0.15) is 0 Å². The topological polar surface area (TPSA) is 138 Å². The van der Waals surface area contributed by atoms with Crippen LogP contribution >= 0.6 is 0 Å². The Morgan fingerprint density at radius 3 is 0.387 bits per heavy atom. The van der Waals surface area contributed by atoms with E-state index in [0.29, 0.717) is 0 Å². The van der Waals surface area contributed by atoms with Gasteiger partial charge in [-0.1, -0.05) is 119 Å². The molecule has 0 spiro atoms. The smallest absolute Gasteiger partial charge is 0.854 e. The Morgan fingerprint density at radius 1 is 0.290 bits per heavy atom. The minimum Gasteiger partial charge on any atom is -0.854 e. The molecule has 0 aromatic carbocycles. The van der Waals surface area contributed by atoms with Gasteiger partial charge in [-0.25, -0.2) is 0 Å². The van der Waals surface area contributed by atoms with Crippen LogP contribution in [0.15, 0.2) is 0 Å². The van der Waals surface area contributed by atoms with E-state index >= 15 is 0 Å². The molecule has 0 bridgehead atoms. The first kappa shape index (κ1) is 48.8. The van der Waals surface area contributed by atoms with E-state index in [1.54, 1.807) is 0 Å². The average Bonchev–Trinajstić information content (AvgIpc) is 2.74. The summed E-state index contributed by atoms with van der Waals surface area (Å²) in [4.78, 5) is 0. The SMILES string of the molecule is CCCC[O-].CCCC[O-].CCCC[O-].CCCC[O-].CCCC[O-].CCCC[O-].[Ti+6]. The van der Waals surface area contributed by atoms with Gasteiger partial charge in [-0.05, 0) is 0 Å². The first-order valence-electron chi connectivity index (χ1n) is 12.0. The van der Waals surface area contributed by atoms with Gasteiger partial charge in [0.1, 0.15) is 0 Å². The normalized spacial score (nSPS) is 8.13. The molecule has 0 N–H and O–H groups in total. The summed E-state index contributed by atoms with van der Waals surface area (Å²) >= 11 is 0. The minimum atomic E-state index is 0. The molecule has 190 valence electrons. The summed E-state index contributed by atoms with van der Waals surface area (Å²) in [7, 11) is 0. The van der Waals surface area contributed by atoms with Crippen LogP contribution in [0.1, 0.15) is 119 Å². The van der Waals surface area contributed by atoms with Gasteiger partial charge in [0, 0.05) is 0 Å². The Labute approximate surface area is 210 Å². The molecular formula is C24H54O6Ti. The van der Waals surface area contributed by atoms with Crippen molar-refractivity contribution in [3.63, 3.8) is 0 Å². The largest absolute Gasteiger partial charge is 6.00 e. The molecule has 6 nitrogen and oxygen atoms in total. The third-order valence-corrected chi connectivity index (χ3v) is 2.99. The molecule has 0 fully saturated rings. The summed E-state index contributed by atoms with van der Waals surface area (Å²) in [6.45, 7) is 12.6. The van der Waals surface area contributed by atoms with E-state index in [2.05, 4.69) is 0 Å². The molecule has 0 aliphatic carbocycles. The van der Waals surface area contributed by atoms with Crippen molar-refractivity contribution in [3.8, 4) is 0 Å². The van der Waals surface area contributed by atoms with Crippen molar-refractivity contribution in [2.24, 2.45) is 0 Å². The van der Waals surface area contributed by atoms with E-state index < -0.39 is 0 Å². The van der Waals surface area contributed by atoms with Crippen LogP contribution in [0.2, 0.25) is 0 Å². The Kier molecular flexibility index (Phi) is 122. The van der Waals surface area contributed by atoms with E-state index in [1.165, 1.54) is 0 Å². The maximum atomic E-state index is 9.53. The monoisotopic (exact) mass is 486 g/mol. The molecule has 0 aliphatic rings. The van der Waals surface area contributed by atoms with Gasteiger partial charge in [0.05, 0.1) is 0 Å². The maximum absolute atomic E-state index is 9.53. The molecular weight excluding hydrogens is 432 g/mol. The van der Waals surface area contributed by atoms with Gasteiger partial charge >= 0.3 is 21.7 Å². The zero-order chi connectivity index (χ0) is 24.7. The Balaban J connectivity index is -0.0000000443. The van der Waals surface area contributed by atoms with Crippen molar-refractivity contribution in [1.29, 1.82) is 0 Å². The summed E-state index contributed by atoms with van der Waals surface area (Å²) in [6, 6.07) is 0. The van der Waals surface area contributed by atoms with Crippen LogP contribution in [-0.2, 0) is 21.7 Å². The van der Waals surface area contributed by atoms with Crippen LogP contribution in [-0.4, -0.2) is 39.6 Å². The molecule has 0 amide bonds. The van der Waals surface area contributed by atoms with Crippen LogP contribution < -0.4 is 30.6 Å². The molecule has 7 heteroatoms. The van der Waals surface area contributed by atoms with Crippen molar-refractivity contribution >= 4 is 0 Å². The zero-order valence-corrected chi connectivity index (χ0v) is 23.2. The Bertz CT molecular complexity index is 120. The summed E-state index contributed by atoms with van der Waals surface area (Å²) < 4.78 is 0. The van der Waals surface area contributed by atoms with Crippen LogP contribution in [0.4, 0.5) is 0 Å². The van der Waals surface area contributed by atoms with Crippen LogP contribution in [0, 0.1) is 0 Å². The second kappa shape index (κ2) is 77.6. The predicted octanol–water partition coefficient (Wildman–Crippen LogP) is 0.878. The maximum Gasteiger partial charge on any atom is 6.00 e. The van der Waals surface area contributed by atoms with Crippen molar-refractivity contribution in [2.45, 2.75) is 119 Å². The molecule has 0 aromatic heterocycles. The second-order valence-electron chi connectivity index (χ2n) is 6.35. The number of unbranched alkanes of at least 4 members (excludes halogenated alkanes) is 6. The van der Waals surface area contributed by atoms with Crippen molar-refractivity contribution in [2.75, 3.05) is 39.6 Å². The Morgan fingerprint density at radius 2 is 0.387 bits per heavy atom. The van der Waals surface area contributed by atoms with Crippen molar-refractivity contribution in [3.05, 3.63) is 0 Å². The van der Waals surface area contributed by atoms with Gasteiger partial charge in [-0.3, -0.25) is 0 Å². The fourth-order valence-electron chi connectivity index (χ4n) is 0.866. The molecule has 0 aliphatic heterocycles. The standard InChI is InChI=1S/6C4H9O.Ti/c6*1-2-3-4-5;/h6*2-4H2,1H3;/q6*-1;+6. The number of hydrogen-bond donors (Lipinski definition) is 0. The van der Waals surface area contributed by atoms with E-state index in [-0.39, 0.29) is 61.4 Å². The zero-order valence-electron chi connectivity index (χ0n) is 21.7. The molecule has 0 radical (unpaired) electrons. The summed E-state index contributed by atoms with van der Waals surface area (Å²) in [5, 5.41) is 57.2. The molecule has 0 heterocycles. The molecule has 0 aromatic rings. The summed E-state index contributed by atoms with van der Waals surface area (Å²) in [6.07, 6.45) is 11.2. The van der Waals surface area contributed by atoms with Crippen molar-refractivity contribution in [1.82, 2.24) is 0 Å². The third kappa shape index (κ3) is 159. The van der Waals surface area contributed by atoms with E-state index in [1.807, 2.05) is 41.5 Å².